The molecule has 74 valence electrons. The molecule has 0 radical (unpaired) electrons. The first-order valence-corrected chi connectivity index (χ1v) is 8.70. The van der Waals surface area contributed by atoms with Gasteiger partial charge in [0.15, 0.2) is 0 Å². The fraction of sp³-hybridized carbons (Fsp3) is 1.00. The molecule has 0 saturated carbocycles. The molecule has 0 saturated heterocycles. The van der Waals surface area contributed by atoms with E-state index in [0.29, 0.717) is 6.04 Å². The largest absolute Gasteiger partial charge is 0.322 e. The fourth-order valence-electron chi connectivity index (χ4n) is 1.60. The molecule has 0 aromatic rings. The molecule has 0 spiro atoms. The van der Waals surface area contributed by atoms with Crippen molar-refractivity contribution in [3.05, 3.63) is 0 Å². The van der Waals surface area contributed by atoms with Crippen LogP contribution in [0.5, 0.6) is 0 Å². The molecule has 0 heterocycles. The standard InChI is InChI=1S/C9H22ClNSi/c1-9(2)11(8-6-7-10)12(3,4)5/h9H,6-8H2,1-5H3. The Morgan fingerprint density at radius 2 is 1.75 bits per heavy atom. The Labute approximate surface area is 83.2 Å². The molecule has 0 aliphatic carbocycles. The molecule has 0 rings (SSSR count). The summed E-state index contributed by atoms with van der Waals surface area (Å²) in [5.74, 6) is 0.785. The van der Waals surface area contributed by atoms with Crippen LogP contribution < -0.4 is 0 Å². The zero-order valence-corrected chi connectivity index (χ0v) is 10.8. The van der Waals surface area contributed by atoms with E-state index in [2.05, 4.69) is 38.1 Å². The van der Waals surface area contributed by atoms with Crippen LogP contribution in [-0.2, 0) is 0 Å². The van der Waals surface area contributed by atoms with E-state index < -0.39 is 8.24 Å². The molecule has 0 fully saturated rings. The van der Waals surface area contributed by atoms with Crippen LogP contribution >= 0.6 is 11.6 Å². The lowest BCUT2D eigenvalue weighted by atomic mass is 10.3. The highest BCUT2D eigenvalue weighted by molar-refractivity contribution is 6.73. The number of alkyl halides is 1. The first-order chi connectivity index (χ1) is 5.39. The summed E-state index contributed by atoms with van der Waals surface area (Å²) in [6, 6.07) is 0.667. The summed E-state index contributed by atoms with van der Waals surface area (Å²) in [6.07, 6.45) is 1.12. The van der Waals surface area contributed by atoms with Gasteiger partial charge >= 0.3 is 0 Å². The van der Waals surface area contributed by atoms with E-state index in [4.69, 9.17) is 11.6 Å². The monoisotopic (exact) mass is 207 g/mol. The van der Waals surface area contributed by atoms with E-state index in [9.17, 15) is 0 Å². The summed E-state index contributed by atoms with van der Waals surface area (Å²) in [5, 5.41) is 0. The Kier molecular flexibility index (Phi) is 5.46. The predicted octanol–water partition coefficient (Wildman–Crippen LogP) is 3.16. The minimum absolute atomic E-state index is 0.667. The Hall–Kier alpha value is 0.467. The molecule has 12 heavy (non-hydrogen) atoms. The maximum atomic E-state index is 5.69. The van der Waals surface area contributed by atoms with Gasteiger partial charge in [0.1, 0.15) is 8.24 Å². The quantitative estimate of drug-likeness (QED) is 0.495. The van der Waals surface area contributed by atoms with Gasteiger partial charge in [0.25, 0.3) is 0 Å². The Balaban J connectivity index is 4.05. The number of hydrogen-bond acceptors (Lipinski definition) is 1. The number of nitrogens with zero attached hydrogens (tertiary/aromatic N) is 1. The van der Waals surface area contributed by atoms with E-state index in [0.717, 1.165) is 18.8 Å². The van der Waals surface area contributed by atoms with Crippen molar-refractivity contribution in [2.45, 2.75) is 46.0 Å². The first kappa shape index (κ1) is 12.5. The van der Waals surface area contributed by atoms with Crippen molar-refractivity contribution in [2.75, 3.05) is 12.4 Å². The van der Waals surface area contributed by atoms with Gasteiger partial charge in [0.05, 0.1) is 0 Å². The highest BCUT2D eigenvalue weighted by Gasteiger charge is 2.25. The van der Waals surface area contributed by atoms with Crippen molar-refractivity contribution in [3.8, 4) is 0 Å². The molecule has 0 amide bonds. The second-order valence-corrected chi connectivity index (χ2v) is 9.79. The van der Waals surface area contributed by atoms with Gasteiger partial charge in [-0.1, -0.05) is 33.5 Å². The van der Waals surface area contributed by atoms with Crippen molar-refractivity contribution < 1.29 is 0 Å². The van der Waals surface area contributed by atoms with Gasteiger partial charge in [-0.2, -0.15) is 0 Å². The third-order valence-corrected chi connectivity index (χ3v) is 4.75. The van der Waals surface area contributed by atoms with Crippen LogP contribution in [0.15, 0.2) is 0 Å². The van der Waals surface area contributed by atoms with Crippen molar-refractivity contribution >= 4 is 19.8 Å². The average Bonchev–Trinajstić information content (AvgIpc) is 1.84. The number of rotatable bonds is 5. The van der Waals surface area contributed by atoms with Crippen molar-refractivity contribution in [1.29, 1.82) is 0 Å². The van der Waals surface area contributed by atoms with E-state index in [1.54, 1.807) is 0 Å². The normalized spacial score (nSPS) is 13.0. The molecule has 0 aliphatic heterocycles. The van der Waals surface area contributed by atoms with Crippen LogP contribution in [0.3, 0.4) is 0 Å². The van der Waals surface area contributed by atoms with Gasteiger partial charge in [-0.05, 0) is 19.0 Å². The maximum Gasteiger partial charge on any atom is 0.119 e. The van der Waals surface area contributed by atoms with E-state index in [1.807, 2.05) is 0 Å². The van der Waals surface area contributed by atoms with Gasteiger partial charge in [0.2, 0.25) is 0 Å². The van der Waals surface area contributed by atoms with E-state index >= 15 is 0 Å². The highest BCUT2D eigenvalue weighted by atomic mass is 35.5. The summed E-state index contributed by atoms with van der Waals surface area (Å²) >= 11 is 5.69. The van der Waals surface area contributed by atoms with Crippen LogP contribution in [0.4, 0.5) is 0 Å². The minimum atomic E-state index is -1.11. The van der Waals surface area contributed by atoms with Gasteiger partial charge in [0, 0.05) is 5.88 Å². The highest BCUT2D eigenvalue weighted by Crippen LogP contribution is 2.13. The van der Waals surface area contributed by atoms with Crippen molar-refractivity contribution in [3.63, 3.8) is 0 Å². The average molecular weight is 208 g/mol. The molecule has 0 bridgehead atoms. The van der Waals surface area contributed by atoms with Crippen LogP contribution in [0.25, 0.3) is 0 Å². The SMILES string of the molecule is CC(C)N(CCCCl)[Si](C)(C)C. The molecular weight excluding hydrogens is 186 g/mol. The van der Waals surface area contributed by atoms with Crippen LogP contribution in [0.1, 0.15) is 20.3 Å². The number of halogens is 1. The smallest absolute Gasteiger partial charge is 0.119 e. The summed E-state index contributed by atoms with van der Waals surface area (Å²) in [7, 11) is -1.11. The topological polar surface area (TPSA) is 3.24 Å². The molecular formula is C9H22ClNSi. The minimum Gasteiger partial charge on any atom is -0.322 e. The van der Waals surface area contributed by atoms with Crippen LogP contribution in [0, 0.1) is 0 Å². The molecule has 3 heteroatoms. The first-order valence-electron chi connectivity index (χ1n) is 4.72. The fourth-order valence-corrected chi connectivity index (χ4v) is 4.10. The molecule has 0 unspecified atom stereocenters. The van der Waals surface area contributed by atoms with E-state index in [1.165, 1.54) is 0 Å². The lowest BCUT2D eigenvalue weighted by Gasteiger charge is -2.37. The lowest BCUT2D eigenvalue weighted by Crippen LogP contribution is -2.50. The number of hydrogen-bond donors (Lipinski definition) is 0. The molecule has 0 atom stereocenters. The Morgan fingerprint density at radius 1 is 1.25 bits per heavy atom. The van der Waals surface area contributed by atoms with Gasteiger partial charge in [-0.25, -0.2) is 0 Å². The Bertz CT molecular complexity index is 120. The van der Waals surface area contributed by atoms with Crippen LogP contribution in [0.2, 0.25) is 19.6 Å². The summed E-state index contributed by atoms with van der Waals surface area (Å²) in [5.41, 5.74) is 0. The third-order valence-electron chi connectivity index (χ3n) is 2.02. The third kappa shape index (κ3) is 4.48. The molecule has 0 aliphatic rings. The van der Waals surface area contributed by atoms with E-state index in [-0.39, 0.29) is 0 Å². The van der Waals surface area contributed by atoms with Gasteiger partial charge < -0.3 is 4.57 Å². The van der Waals surface area contributed by atoms with Crippen molar-refractivity contribution in [2.24, 2.45) is 0 Å². The summed E-state index contributed by atoms with van der Waals surface area (Å²) in [6.45, 7) is 12.9. The second kappa shape index (κ2) is 5.25. The molecule has 0 aromatic carbocycles. The maximum absolute atomic E-state index is 5.69. The van der Waals surface area contributed by atoms with Crippen molar-refractivity contribution in [1.82, 2.24) is 4.57 Å². The summed E-state index contributed by atoms with van der Waals surface area (Å²) in [4.78, 5) is 0. The molecule has 1 nitrogen and oxygen atoms in total. The zero-order chi connectivity index (χ0) is 9.78. The van der Waals surface area contributed by atoms with Gasteiger partial charge in [-0.3, -0.25) is 0 Å². The van der Waals surface area contributed by atoms with Crippen LogP contribution in [-0.4, -0.2) is 31.3 Å². The van der Waals surface area contributed by atoms with Gasteiger partial charge in [-0.15, -0.1) is 11.6 Å². The lowest BCUT2D eigenvalue weighted by molar-refractivity contribution is 0.354. The molecule has 0 N–H and O–H groups in total. The Morgan fingerprint density at radius 3 is 2.00 bits per heavy atom. The predicted molar refractivity (Wildman–Crippen MR) is 60.5 cm³/mol. The summed E-state index contributed by atoms with van der Waals surface area (Å²) < 4.78 is 2.62. The zero-order valence-electron chi connectivity index (χ0n) is 9.02. The second-order valence-electron chi connectivity index (χ2n) is 4.50. The molecule has 0 aromatic heterocycles.